The molecule has 2 aromatic carbocycles. The molecule has 2 aromatic rings. The fourth-order valence-corrected chi connectivity index (χ4v) is 1.66. The first kappa shape index (κ1) is 11.9. The molecular formula is C14H9BN2O. The van der Waals surface area contributed by atoms with Gasteiger partial charge in [0.25, 0.3) is 0 Å². The van der Waals surface area contributed by atoms with Gasteiger partial charge in [-0.1, -0.05) is 36.4 Å². The largest absolute Gasteiger partial charge is 0.443 e. The van der Waals surface area contributed by atoms with E-state index < -0.39 is 6.92 Å². The zero-order chi connectivity index (χ0) is 13.0. The van der Waals surface area contributed by atoms with Gasteiger partial charge in [-0.3, -0.25) is 0 Å². The third-order valence-electron chi connectivity index (χ3n) is 2.69. The highest BCUT2D eigenvalue weighted by Gasteiger charge is 2.16. The van der Waals surface area contributed by atoms with Gasteiger partial charge in [-0.05, 0) is 23.1 Å². The Morgan fingerprint density at radius 1 is 1.00 bits per heavy atom. The standard InChI is InChI=1S/C14H9BN2O/c1-17-14-8-6-13(7-9-14)15(18)12-4-2-11(10-16)3-5-12/h2-9,18H. The van der Waals surface area contributed by atoms with Crippen LogP contribution in [-0.2, 0) is 0 Å². The van der Waals surface area contributed by atoms with E-state index in [9.17, 15) is 5.02 Å². The fraction of sp³-hybridized carbons (Fsp3) is 0. The van der Waals surface area contributed by atoms with Crippen molar-refractivity contribution in [2.75, 3.05) is 0 Å². The summed E-state index contributed by atoms with van der Waals surface area (Å²) in [7, 11) is 0. The van der Waals surface area contributed by atoms with E-state index in [2.05, 4.69) is 4.85 Å². The van der Waals surface area contributed by atoms with Crippen LogP contribution in [0.5, 0.6) is 0 Å². The molecule has 0 aliphatic heterocycles. The molecule has 18 heavy (non-hydrogen) atoms. The summed E-state index contributed by atoms with van der Waals surface area (Å²) in [5.41, 5.74) is 2.57. The Hall–Kier alpha value is -2.56. The van der Waals surface area contributed by atoms with Gasteiger partial charge in [-0.15, -0.1) is 0 Å². The van der Waals surface area contributed by atoms with Crippen molar-refractivity contribution in [3.63, 3.8) is 0 Å². The molecule has 3 nitrogen and oxygen atoms in total. The minimum Gasteiger partial charge on any atom is -0.443 e. The molecule has 4 heteroatoms. The van der Waals surface area contributed by atoms with E-state index in [0.29, 0.717) is 11.3 Å². The summed E-state index contributed by atoms with van der Waals surface area (Å²) in [4.78, 5) is 3.30. The molecule has 0 fully saturated rings. The van der Waals surface area contributed by atoms with Crippen molar-refractivity contribution in [3.05, 3.63) is 65.5 Å². The molecule has 0 unspecified atom stereocenters. The van der Waals surface area contributed by atoms with Crippen molar-refractivity contribution in [2.45, 2.75) is 0 Å². The average Bonchev–Trinajstić information content (AvgIpc) is 2.47. The van der Waals surface area contributed by atoms with Crippen molar-refractivity contribution in [2.24, 2.45) is 0 Å². The maximum atomic E-state index is 10.2. The Labute approximate surface area is 106 Å². The quantitative estimate of drug-likeness (QED) is 0.624. The van der Waals surface area contributed by atoms with Crippen LogP contribution in [0.2, 0.25) is 0 Å². The molecular weight excluding hydrogens is 223 g/mol. The van der Waals surface area contributed by atoms with Crippen LogP contribution >= 0.6 is 0 Å². The third-order valence-corrected chi connectivity index (χ3v) is 2.69. The lowest BCUT2D eigenvalue weighted by Gasteiger charge is -2.07. The van der Waals surface area contributed by atoms with Crippen molar-refractivity contribution < 1.29 is 5.02 Å². The first-order valence-corrected chi connectivity index (χ1v) is 5.40. The lowest BCUT2D eigenvalue weighted by atomic mass is 9.56. The molecule has 0 radical (unpaired) electrons. The highest BCUT2D eigenvalue weighted by molar-refractivity contribution is 6.78. The zero-order valence-corrected chi connectivity index (χ0v) is 9.54. The molecule has 0 heterocycles. The summed E-state index contributed by atoms with van der Waals surface area (Å²) in [6.45, 7) is 6.12. The summed E-state index contributed by atoms with van der Waals surface area (Å²) in [6, 6.07) is 15.7. The Morgan fingerprint density at radius 3 is 1.94 bits per heavy atom. The minimum absolute atomic E-state index is 0.547. The van der Waals surface area contributed by atoms with Crippen molar-refractivity contribution in [1.29, 1.82) is 5.26 Å². The lowest BCUT2D eigenvalue weighted by Crippen LogP contribution is -2.42. The maximum absolute atomic E-state index is 10.2. The van der Waals surface area contributed by atoms with Gasteiger partial charge in [0.1, 0.15) is 0 Å². The van der Waals surface area contributed by atoms with Crippen LogP contribution in [0.15, 0.2) is 48.5 Å². The summed E-state index contributed by atoms with van der Waals surface area (Å²) in [5, 5.41) is 18.9. The van der Waals surface area contributed by atoms with E-state index in [1.54, 1.807) is 48.5 Å². The summed E-state index contributed by atoms with van der Waals surface area (Å²) >= 11 is 0. The molecule has 0 amide bonds. The normalized spacial score (nSPS) is 9.28. The second-order valence-corrected chi connectivity index (χ2v) is 3.84. The third kappa shape index (κ3) is 2.40. The van der Waals surface area contributed by atoms with Gasteiger partial charge in [-0.25, -0.2) is 4.85 Å². The van der Waals surface area contributed by atoms with Crippen LogP contribution in [0.4, 0.5) is 5.69 Å². The molecule has 2 rings (SSSR count). The molecule has 0 aromatic heterocycles. The van der Waals surface area contributed by atoms with E-state index in [0.717, 1.165) is 10.9 Å². The van der Waals surface area contributed by atoms with Crippen LogP contribution in [0, 0.1) is 17.9 Å². The lowest BCUT2D eigenvalue weighted by molar-refractivity contribution is 0.600. The zero-order valence-electron chi connectivity index (χ0n) is 9.54. The van der Waals surface area contributed by atoms with Crippen molar-refractivity contribution >= 4 is 23.5 Å². The Morgan fingerprint density at radius 2 is 1.50 bits per heavy atom. The van der Waals surface area contributed by atoms with E-state index >= 15 is 0 Å². The van der Waals surface area contributed by atoms with Gasteiger partial charge >= 0.3 is 6.92 Å². The molecule has 0 spiro atoms. The van der Waals surface area contributed by atoms with Crippen LogP contribution in [-0.4, -0.2) is 11.9 Å². The van der Waals surface area contributed by atoms with E-state index in [1.807, 2.05) is 6.07 Å². The van der Waals surface area contributed by atoms with Gasteiger partial charge in [0.2, 0.25) is 0 Å². The minimum atomic E-state index is -0.738. The van der Waals surface area contributed by atoms with Crippen LogP contribution in [0.1, 0.15) is 5.56 Å². The van der Waals surface area contributed by atoms with Gasteiger partial charge in [0.05, 0.1) is 18.2 Å². The fourth-order valence-electron chi connectivity index (χ4n) is 1.66. The second-order valence-electron chi connectivity index (χ2n) is 3.84. The average molecular weight is 232 g/mol. The molecule has 84 valence electrons. The topological polar surface area (TPSA) is 48.4 Å². The van der Waals surface area contributed by atoms with Gasteiger partial charge in [0, 0.05) is 0 Å². The monoisotopic (exact) mass is 232 g/mol. The summed E-state index contributed by atoms with van der Waals surface area (Å²) in [5.74, 6) is 0. The first-order valence-electron chi connectivity index (χ1n) is 5.40. The number of benzene rings is 2. The first-order chi connectivity index (χ1) is 8.74. The Bertz CT molecular complexity index is 563. The van der Waals surface area contributed by atoms with Crippen molar-refractivity contribution in [3.8, 4) is 6.07 Å². The smallest absolute Gasteiger partial charge is 0.358 e. The van der Waals surface area contributed by atoms with Crippen LogP contribution in [0.25, 0.3) is 4.85 Å². The Balaban J connectivity index is 2.27. The number of nitriles is 1. The predicted octanol–water partition coefficient (Wildman–Crippen LogP) is 1.21. The molecule has 0 bridgehead atoms. The highest BCUT2D eigenvalue weighted by Crippen LogP contribution is 2.08. The van der Waals surface area contributed by atoms with Crippen LogP contribution in [0.3, 0.4) is 0 Å². The van der Waals surface area contributed by atoms with Gasteiger partial charge < -0.3 is 5.02 Å². The summed E-state index contributed by atoms with van der Waals surface area (Å²) in [6.07, 6.45) is 0. The molecule has 0 saturated heterocycles. The number of nitrogens with zero attached hydrogens (tertiary/aromatic N) is 2. The molecule has 0 atom stereocenters. The molecule has 0 aliphatic rings. The molecule has 1 N–H and O–H groups in total. The van der Waals surface area contributed by atoms with E-state index in [4.69, 9.17) is 11.8 Å². The number of rotatable bonds is 2. The van der Waals surface area contributed by atoms with Gasteiger partial charge in [-0.2, -0.15) is 5.26 Å². The Kier molecular flexibility index (Phi) is 3.43. The summed E-state index contributed by atoms with van der Waals surface area (Å²) < 4.78 is 0. The number of hydrogen-bond donors (Lipinski definition) is 1. The predicted molar refractivity (Wildman–Crippen MR) is 71.1 cm³/mol. The number of hydrogen-bond acceptors (Lipinski definition) is 2. The molecule has 0 aliphatic carbocycles. The van der Waals surface area contributed by atoms with E-state index in [1.165, 1.54) is 0 Å². The van der Waals surface area contributed by atoms with Gasteiger partial charge in [0.15, 0.2) is 5.69 Å². The highest BCUT2D eigenvalue weighted by atomic mass is 16.2. The second kappa shape index (κ2) is 5.18. The SMILES string of the molecule is [C-]#[N+]c1ccc(B(O)c2ccc(C#N)cc2)cc1. The van der Waals surface area contributed by atoms with Crippen molar-refractivity contribution in [1.82, 2.24) is 0 Å². The molecule has 0 saturated carbocycles. The van der Waals surface area contributed by atoms with Crippen LogP contribution < -0.4 is 10.9 Å². The maximum Gasteiger partial charge on any atom is 0.358 e. The van der Waals surface area contributed by atoms with E-state index in [-0.39, 0.29) is 0 Å².